The maximum atomic E-state index is 14.0. The van der Waals surface area contributed by atoms with Gasteiger partial charge in [-0.2, -0.15) is 23.3 Å². The van der Waals surface area contributed by atoms with E-state index >= 15 is 0 Å². The topological polar surface area (TPSA) is 156 Å². The zero-order valence-electron chi connectivity index (χ0n) is 22.9. The Morgan fingerprint density at radius 1 is 1.14 bits per heavy atom. The Morgan fingerprint density at radius 3 is 2.58 bits per heavy atom. The van der Waals surface area contributed by atoms with Crippen LogP contribution in [-0.2, 0) is 23.4 Å². The maximum absolute atomic E-state index is 14.0. The first kappa shape index (κ1) is 32.2. The average molecular weight is 730 g/mol. The third kappa shape index (κ3) is 8.20. The molecule has 4 rings (SSSR count). The van der Waals surface area contributed by atoms with Crippen molar-refractivity contribution in [3.8, 4) is 17.0 Å². The summed E-state index contributed by atoms with van der Waals surface area (Å²) in [7, 11) is 2.80. The zero-order valence-corrected chi connectivity index (χ0v) is 26.0. The van der Waals surface area contributed by atoms with Crippen molar-refractivity contribution in [1.82, 2.24) is 30.0 Å². The number of aromatic nitrogens is 5. The van der Waals surface area contributed by atoms with Crippen LogP contribution in [0.5, 0.6) is 5.75 Å². The molecule has 3 aromatic heterocycles. The highest BCUT2D eigenvalue weighted by atomic mass is 127. The molecule has 12 nitrogen and oxygen atoms in total. The number of aliphatic hydroxyl groups is 1. The van der Waals surface area contributed by atoms with Gasteiger partial charge in [-0.3, -0.25) is 9.48 Å². The van der Waals surface area contributed by atoms with Crippen molar-refractivity contribution < 1.29 is 32.4 Å². The normalized spacial score (nSPS) is 12.1. The van der Waals surface area contributed by atoms with Crippen molar-refractivity contribution in [3.05, 3.63) is 65.7 Å². The molecule has 0 bridgehead atoms. The van der Waals surface area contributed by atoms with Gasteiger partial charge in [-0.05, 0) is 58.3 Å². The molecule has 1 atom stereocenters. The van der Waals surface area contributed by atoms with E-state index in [2.05, 4.69) is 36.0 Å². The van der Waals surface area contributed by atoms with Gasteiger partial charge in [0.15, 0.2) is 5.69 Å². The first-order valence-corrected chi connectivity index (χ1v) is 17.5. The second-order valence-electron chi connectivity index (χ2n) is 9.01. The van der Waals surface area contributed by atoms with E-state index in [1.165, 1.54) is 32.5 Å². The van der Waals surface area contributed by atoms with E-state index in [9.17, 15) is 22.5 Å². The molecule has 0 aliphatic rings. The van der Waals surface area contributed by atoms with E-state index in [-0.39, 0.29) is 23.9 Å². The second kappa shape index (κ2) is 14.1. The number of ether oxygens (including phenoxy) is 1. The van der Waals surface area contributed by atoms with E-state index in [4.69, 9.17) is 9.84 Å². The SMILES string of the molecule is CNC(=O)c1nc(-c2cnn(CCCO)c2)ccc1Nc1nc(Nc2ccc(C[PH](=O)I)cc2OC)ncc1C(F)(F)F. The van der Waals surface area contributed by atoms with Gasteiger partial charge in [0.1, 0.15) is 22.6 Å². The molecule has 228 valence electrons. The smallest absolute Gasteiger partial charge is 0.421 e. The number of aryl methyl sites for hydroxylation is 1. The molecule has 0 saturated carbocycles. The summed E-state index contributed by atoms with van der Waals surface area (Å²) in [6.07, 6.45) is -0.110. The molecular formula is C26H27F3IN8O4P. The van der Waals surface area contributed by atoms with Crippen LogP contribution in [0.3, 0.4) is 0 Å². The van der Waals surface area contributed by atoms with E-state index in [1.54, 1.807) is 29.1 Å². The molecule has 43 heavy (non-hydrogen) atoms. The number of alkyl halides is 3. The van der Waals surface area contributed by atoms with Crippen LogP contribution >= 0.6 is 27.5 Å². The lowest BCUT2D eigenvalue weighted by Gasteiger charge is -2.17. The number of carbonyl (C=O) groups is 1. The molecule has 1 aromatic carbocycles. The third-order valence-electron chi connectivity index (χ3n) is 6.01. The molecule has 0 aliphatic carbocycles. The molecule has 1 unspecified atom stereocenters. The minimum absolute atomic E-state index is 0.00277. The second-order valence-corrected chi connectivity index (χ2v) is 13.7. The van der Waals surface area contributed by atoms with Gasteiger partial charge in [-0.1, -0.05) is 6.07 Å². The number of halogens is 4. The molecular weight excluding hydrogens is 703 g/mol. The quantitative estimate of drug-likeness (QED) is 0.110. The highest BCUT2D eigenvalue weighted by Crippen LogP contribution is 2.39. The molecule has 1 amide bonds. The Morgan fingerprint density at radius 2 is 1.91 bits per heavy atom. The maximum Gasteiger partial charge on any atom is 0.421 e. The van der Waals surface area contributed by atoms with Gasteiger partial charge >= 0.3 is 6.18 Å². The molecule has 0 spiro atoms. The first-order valence-electron chi connectivity index (χ1n) is 12.7. The Balaban J connectivity index is 1.69. The minimum atomic E-state index is -4.82. The summed E-state index contributed by atoms with van der Waals surface area (Å²) < 4.78 is 60.6. The molecule has 17 heteroatoms. The number of rotatable bonds is 12. The largest absolute Gasteiger partial charge is 0.495 e. The zero-order chi connectivity index (χ0) is 31.1. The first-order chi connectivity index (χ1) is 20.5. The van der Waals surface area contributed by atoms with Crippen molar-refractivity contribution in [2.24, 2.45) is 0 Å². The number of methoxy groups -OCH3 is 1. The number of nitrogens with one attached hydrogen (secondary N) is 3. The Bertz CT molecular complexity index is 1640. The molecule has 3 heterocycles. The summed E-state index contributed by atoms with van der Waals surface area (Å²) in [5.74, 6) is -1.07. The molecule has 0 saturated heterocycles. The minimum Gasteiger partial charge on any atom is -0.495 e. The van der Waals surface area contributed by atoms with Crippen LogP contribution < -0.4 is 20.7 Å². The van der Waals surface area contributed by atoms with Gasteiger partial charge < -0.3 is 30.4 Å². The van der Waals surface area contributed by atoms with E-state index < -0.39 is 28.9 Å². The number of anilines is 4. The van der Waals surface area contributed by atoms with Gasteiger partial charge in [0.2, 0.25) is 5.95 Å². The number of aliphatic hydroxyl groups excluding tert-OH is 1. The predicted octanol–water partition coefficient (Wildman–Crippen LogP) is 5.40. The Kier molecular flexibility index (Phi) is 10.6. The van der Waals surface area contributed by atoms with Gasteiger partial charge in [0, 0.05) is 44.3 Å². The lowest BCUT2D eigenvalue weighted by molar-refractivity contribution is -0.137. The van der Waals surface area contributed by atoms with Crippen LogP contribution in [0.25, 0.3) is 11.3 Å². The van der Waals surface area contributed by atoms with Crippen molar-refractivity contribution in [2.45, 2.75) is 25.3 Å². The molecule has 0 aliphatic heterocycles. The average Bonchev–Trinajstić information content (AvgIpc) is 3.45. The summed E-state index contributed by atoms with van der Waals surface area (Å²) in [4.78, 5) is 25.0. The molecule has 4 N–H and O–H groups in total. The number of pyridine rings is 1. The number of carbonyl (C=O) groups excluding carboxylic acids is 1. The highest BCUT2D eigenvalue weighted by molar-refractivity contribution is 14.2. The summed E-state index contributed by atoms with van der Waals surface area (Å²) in [6.45, 7) is 0.468. The lowest BCUT2D eigenvalue weighted by Crippen LogP contribution is -2.21. The number of amides is 1. The monoisotopic (exact) mass is 730 g/mol. The molecule has 0 fully saturated rings. The van der Waals surface area contributed by atoms with E-state index in [0.29, 0.717) is 48.0 Å². The van der Waals surface area contributed by atoms with Crippen LogP contribution in [0.1, 0.15) is 28.0 Å². The fraction of sp³-hybridized carbons (Fsp3) is 0.269. The van der Waals surface area contributed by atoms with Gasteiger partial charge in [-0.25, -0.2) is 9.97 Å². The number of hydrogen-bond acceptors (Lipinski definition) is 10. The van der Waals surface area contributed by atoms with Crippen molar-refractivity contribution >= 4 is 56.5 Å². The van der Waals surface area contributed by atoms with Crippen molar-refractivity contribution in [2.75, 3.05) is 31.4 Å². The highest BCUT2D eigenvalue weighted by Gasteiger charge is 2.36. The summed E-state index contributed by atoms with van der Waals surface area (Å²) >= 11 is 1.87. The summed E-state index contributed by atoms with van der Waals surface area (Å²) in [5.41, 5.74) is -1.08. The number of hydrogen-bond donors (Lipinski definition) is 4. The van der Waals surface area contributed by atoms with Crippen molar-refractivity contribution in [3.63, 3.8) is 0 Å². The molecule has 0 radical (unpaired) electrons. The lowest BCUT2D eigenvalue weighted by atomic mass is 10.1. The molecule has 4 aromatic rings. The van der Waals surface area contributed by atoms with Crippen LogP contribution in [0, 0.1) is 0 Å². The van der Waals surface area contributed by atoms with Gasteiger partial charge in [0.25, 0.3) is 5.91 Å². The van der Waals surface area contributed by atoms with E-state index in [1.807, 2.05) is 22.0 Å². The Labute approximate surface area is 257 Å². The summed E-state index contributed by atoms with van der Waals surface area (Å²) in [6, 6.07) is 7.98. The van der Waals surface area contributed by atoms with Crippen molar-refractivity contribution in [1.29, 1.82) is 0 Å². The van der Waals surface area contributed by atoms with Crippen LogP contribution in [0.2, 0.25) is 0 Å². The summed E-state index contributed by atoms with van der Waals surface area (Å²) in [5, 5.41) is 21.2. The number of nitrogens with zero attached hydrogens (tertiary/aromatic N) is 5. The van der Waals surface area contributed by atoms with Crippen LogP contribution in [0.4, 0.5) is 36.3 Å². The fourth-order valence-corrected chi connectivity index (χ4v) is 5.83. The Hall–Kier alpha value is -3.76. The van der Waals surface area contributed by atoms with Crippen LogP contribution in [0.15, 0.2) is 48.9 Å². The third-order valence-corrected chi connectivity index (χ3v) is 7.84. The standard InChI is InChI=1S/C26H27F3IN8O4P/c1-31-24(40)22-20(7-6-18(34-22)16-11-33-38(13-16)8-3-9-39)35-23-17(26(27,28)29)12-32-25(37-23)36-19-5-4-15(14-43(30)41)10-21(19)42-2/h4-7,10-13,39,43H,3,8-9,14H2,1-2H3,(H,31,40)(H2,32,35,36,37). The fourth-order valence-electron chi connectivity index (χ4n) is 3.97. The van der Waals surface area contributed by atoms with Crippen LogP contribution in [-0.4, -0.2) is 56.5 Å². The van der Waals surface area contributed by atoms with Gasteiger partial charge in [-0.15, -0.1) is 0 Å². The number of benzene rings is 1. The van der Waals surface area contributed by atoms with Gasteiger partial charge in [0.05, 0.1) is 30.4 Å². The van der Waals surface area contributed by atoms with E-state index in [0.717, 1.165) is 5.56 Å². The predicted molar refractivity (Wildman–Crippen MR) is 164 cm³/mol.